The molecule has 0 fully saturated rings. The summed E-state index contributed by atoms with van der Waals surface area (Å²) >= 11 is 0. The fourth-order valence-corrected chi connectivity index (χ4v) is 1.74. The zero-order valence-electron chi connectivity index (χ0n) is 8.94. The van der Waals surface area contributed by atoms with Crippen LogP contribution >= 0.6 is 0 Å². The van der Waals surface area contributed by atoms with Crippen molar-refractivity contribution in [3.05, 3.63) is 23.9 Å². The molecule has 0 saturated carbocycles. The van der Waals surface area contributed by atoms with Crippen LogP contribution in [0.2, 0.25) is 0 Å². The molecule has 0 aliphatic heterocycles. The number of aromatic nitrogens is 2. The van der Waals surface area contributed by atoms with Gasteiger partial charge in [0, 0.05) is 17.5 Å². The molecule has 1 aromatic heterocycles. The van der Waals surface area contributed by atoms with E-state index in [1.165, 1.54) is 0 Å². The third-order valence-electron chi connectivity index (χ3n) is 2.38. The van der Waals surface area contributed by atoms with Crippen LogP contribution in [0.5, 0.6) is 5.75 Å². The fourth-order valence-electron chi connectivity index (χ4n) is 1.74. The first-order valence-electron chi connectivity index (χ1n) is 4.99. The monoisotopic (exact) mass is 205 g/mol. The molecular weight excluding hydrogens is 190 g/mol. The number of hydrogen-bond donors (Lipinski definition) is 2. The van der Waals surface area contributed by atoms with Crippen LogP contribution in [0, 0.1) is 6.92 Å². The molecule has 2 rings (SSSR count). The summed E-state index contributed by atoms with van der Waals surface area (Å²) < 4.78 is 1.84. The predicted molar refractivity (Wildman–Crippen MR) is 59.8 cm³/mol. The molecule has 0 radical (unpaired) electrons. The van der Waals surface area contributed by atoms with Gasteiger partial charge in [0.2, 0.25) is 0 Å². The van der Waals surface area contributed by atoms with E-state index in [-0.39, 0.29) is 11.8 Å². The number of hydrogen-bond acceptors (Lipinski definition) is 3. The Morgan fingerprint density at radius 1 is 1.53 bits per heavy atom. The average Bonchev–Trinajstić information content (AvgIpc) is 2.42. The van der Waals surface area contributed by atoms with E-state index in [9.17, 15) is 5.11 Å². The molecule has 0 saturated heterocycles. The second-order valence-electron chi connectivity index (χ2n) is 3.95. The standard InChI is InChI=1S/C11H15N3O/c1-7(12)6-14-11-5-9(15)3-4-10(11)8(2)13-14/h3-5,7,15H,6,12H2,1-2H3/t7-/m1/s1. The Kier molecular flexibility index (Phi) is 2.36. The number of phenolic OH excluding ortho intramolecular Hbond substituents is 1. The van der Waals surface area contributed by atoms with Crippen molar-refractivity contribution in [1.29, 1.82) is 0 Å². The molecule has 0 aliphatic carbocycles. The van der Waals surface area contributed by atoms with Crippen molar-refractivity contribution >= 4 is 10.9 Å². The van der Waals surface area contributed by atoms with Crippen LogP contribution in [0.25, 0.3) is 10.9 Å². The number of aromatic hydroxyl groups is 1. The first kappa shape index (κ1) is 9.98. The summed E-state index contributed by atoms with van der Waals surface area (Å²) in [6.07, 6.45) is 0. The quantitative estimate of drug-likeness (QED) is 0.778. The molecule has 4 heteroatoms. The number of benzene rings is 1. The van der Waals surface area contributed by atoms with E-state index in [0.29, 0.717) is 6.54 Å². The average molecular weight is 205 g/mol. The molecule has 0 unspecified atom stereocenters. The lowest BCUT2D eigenvalue weighted by Crippen LogP contribution is -2.22. The van der Waals surface area contributed by atoms with Gasteiger partial charge in [0.25, 0.3) is 0 Å². The van der Waals surface area contributed by atoms with Crippen LogP contribution < -0.4 is 5.73 Å². The van der Waals surface area contributed by atoms with Crippen LogP contribution in [0.15, 0.2) is 18.2 Å². The molecule has 2 aromatic rings. The minimum absolute atomic E-state index is 0.0508. The highest BCUT2D eigenvalue weighted by Gasteiger charge is 2.08. The second kappa shape index (κ2) is 3.55. The van der Waals surface area contributed by atoms with Gasteiger partial charge < -0.3 is 10.8 Å². The molecule has 1 aromatic carbocycles. The van der Waals surface area contributed by atoms with Gasteiger partial charge in [-0.25, -0.2) is 0 Å². The van der Waals surface area contributed by atoms with Gasteiger partial charge in [0.1, 0.15) is 5.75 Å². The van der Waals surface area contributed by atoms with E-state index in [2.05, 4.69) is 5.10 Å². The molecule has 0 amide bonds. The number of phenols is 1. The minimum Gasteiger partial charge on any atom is -0.508 e. The predicted octanol–water partition coefficient (Wildman–Crippen LogP) is 1.40. The largest absolute Gasteiger partial charge is 0.508 e. The summed E-state index contributed by atoms with van der Waals surface area (Å²) in [5.41, 5.74) is 7.64. The Labute approximate surface area is 88.3 Å². The van der Waals surface area contributed by atoms with Crippen LogP contribution in [-0.4, -0.2) is 20.9 Å². The molecule has 0 spiro atoms. The van der Waals surface area contributed by atoms with E-state index in [4.69, 9.17) is 5.73 Å². The van der Waals surface area contributed by atoms with Crippen molar-refractivity contribution in [3.8, 4) is 5.75 Å². The number of nitrogens with zero attached hydrogens (tertiary/aromatic N) is 2. The SMILES string of the molecule is Cc1nn(C[C@@H](C)N)c2cc(O)ccc12. The van der Waals surface area contributed by atoms with Gasteiger partial charge in [-0.15, -0.1) is 0 Å². The van der Waals surface area contributed by atoms with Crippen LogP contribution in [0.1, 0.15) is 12.6 Å². The van der Waals surface area contributed by atoms with E-state index in [1.807, 2.05) is 24.6 Å². The molecular formula is C11H15N3O. The third kappa shape index (κ3) is 1.80. The highest BCUT2D eigenvalue weighted by molar-refractivity contribution is 5.83. The molecule has 80 valence electrons. The summed E-state index contributed by atoms with van der Waals surface area (Å²) in [5.74, 6) is 0.258. The molecule has 0 aliphatic rings. The molecule has 3 N–H and O–H groups in total. The van der Waals surface area contributed by atoms with E-state index < -0.39 is 0 Å². The number of fused-ring (bicyclic) bond motifs is 1. The molecule has 1 heterocycles. The van der Waals surface area contributed by atoms with E-state index in [0.717, 1.165) is 16.6 Å². The van der Waals surface area contributed by atoms with Gasteiger partial charge in [0.15, 0.2) is 0 Å². The number of aryl methyl sites for hydroxylation is 1. The lowest BCUT2D eigenvalue weighted by Gasteiger charge is -2.06. The van der Waals surface area contributed by atoms with Crippen LogP contribution in [0.4, 0.5) is 0 Å². The summed E-state index contributed by atoms with van der Waals surface area (Å²) in [6.45, 7) is 4.55. The lowest BCUT2D eigenvalue weighted by molar-refractivity contribution is 0.475. The van der Waals surface area contributed by atoms with Gasteiger partial charge in [0.05, 0.1) is 17.8 Å². The Morgan fingerprint density at radius 3 is 2.93 bits per heavy atom. The molecule has 4 nitrogen and oxygen atoms in total. The Balaban J connectivity index is 2.59. The minimum atomic E-state index is 0.0508. The Hall–Kier alpha value is -1.55. The Morgan fingerprint density at radius 2 is 2.27 bits per heavy atom. The fraction of sp³-hybridized carbons (Fsp3) is 0.364. The lowest BCUT2D eigenvalue weighted by atomic mass is 10.2. The first-order chi connectivity index (χ1) is 7.08. The second-order valence-corrected chi connectivity index (χ2v) is 3.95. The highest BCUT2D eigenvalue weighted by Crippen LogP contribution is 2.22. The molecule has 0 bridgehead atoms. The van der Waals surface area contributed by atoms with Crippen molar-refractivity contribution in [1.82, 2.24) is 9.78 Å². The van der Waals surface area contributed by atoms with Gasteiger partial charge >= 0.3 is 0 Å². The number of nitrogens with two attached hydrogens (primary N) is 1. The van der Waals surface area contributed by atoms with E-state index in [1.54, 1.807) is 12.1 Å². The van der Waals surface area contributed by atoms with Crippen molar-refractivity contribution in [2.45, 2.75) is 26.4 Å². The van der Waals surface area contributed by atoms with Crippen LogP contribution in [0.3, 0.4) is 0 Å². The highest BCUT2D eigenvalue weighted by atomic mass is 16.3. The van der Waals surface area contributed by atoms with Gasteiger partial charge in [-0.05, 0) is 26.0 Å². The van der Waals surface area contributed by atoms with Gasteiger partial charge in [-0.2, -0.15) is 5.10 Å². The summed E-state index contributed by atoms with van der Waals surface area (Å²) in [5, 5.41) is 14.9. The summed E-state index contributed by atoms with van der Waals surface area (Å²) in [6, 6.07) is 5.32. The Bertz CT molecular complexity index is 488. The maximum Gasteiger partial charge on any atom is 0.117 e. The smallest absolute Gasteiger partial charge is 0.117 e. The zero-order valence-corrected chi connectivity index (χ0v) is 8.94. The topological polar surface area (TPSA) is 64.1 Å². The van der Waals surface area contributed by atoms with Crippen molar-refractivity contribution in [3.63, 3.8) is 0 Å². The van der Waals surface area contributed by atoms with Crippen LogP contribution in [-0.2, 0) is 6.54 Å². The maximum atomic E-state index is 9.43. The summed E-state index contributed by atoms with van der Waals surface area (Å²) in [7, 11) is 0. The zero-order chi connectivity index (χ0) is 11.0. The normalized spacial score (nSPS) is 13.3. The number of rotatable bonds is 2. The first-order valence-corrected chi connectivity index (χ1v) is 4.99. The van der Waals surface area contributed by atoms with Gasteiger partial charge in [-0.1, -0.05) is 0 Å². The molecule has 15 heavy (non-hydrogen) atoms. The maximum absolute atomic E-state index is 9.43. The van der Waals surface area contributed by atoms with Crippen molar-refractivity contribution in [2.24, 2.45) is 5.73 Å². The van der Waals surface area contributed by atoms with Gasteiger partial charge in [-0.3, -0.25) is 4.68 Å². The third-order valence-corrected chi connectivity index (χ3v) is 2.38. The van der Waals surface area contributed by atoms with Crippen molar-refractivity contribution < 1.29 is 5.11 Å². The summed E-state index contributed by atoms with van der Waals surface area (Å²) in [4.78, 5) is 0. The molecule has 1 atom stereocenters. The van der Waals surface area contributed by atoms with E-state index >= 15 is 0 Å². The van der Waals surface area contributed by atoms with Crippen molar-refractivity contribution in [2.75, 3.05) is 0 Å².